The van der Waals surface area contributed by atoms with Gasteiger partial charge in [0.15, 0.2) is 0 Å². The molecule has 1 aromatic rings. The molecule has 1 unspecified atom stereocenters. The maximum Gasteiger partial charge on any atom is 0.0587 e. The van der Waals surface area contributed by atoms with Gasteiger partial charge in [-0.1, -0.05) is 29.8 Å². The van der Waals surface area contributed by atoms with Crippen molar-refractivity contribution in [1.29, 1.82) is 0 Å². The molecule has 1 rings (SSSR count). The Labute approximate surface area is 111 Å². The number of methoxy groups -OCH3 is 1. The molecule has 0 aliphatic rings. The average Bonchev–Trinajstić information content (AvgIpc) is 2.37. The summed E-state index contributed by atoms with van der Waals surface area (Å²) in [5.41, 5.74) is 2.72. The number of hydrogen-bond donors (Lipinski definition) is 2. The van der Waals surface area contributed by atoms with Crippen LogP contribution in [-0.2, 0) is 11.2 Å². The summed E-state index contributed by atoms with van der Waals surface area (Å²) in [4.78, 5) is 0. The molecule has 102 valence electrons. The number of benzene rings is 1. The van der Waals surface area contributed by atoms with Crippen LogP contribution in [0, 0.1) is 6.92 Å². The van der Waals surface area contributed by atoms with Gasteiger partial charge >= 0.3 is 0 Å². The summed E-state index contributed by atoms with van der Waals surface area (Å²) in [6.45, 7) is 8.02. The zero-order valence-corrected chi connectivity index (χ0v) is 11.8. The van der Waals surface area contributed by atoms with Crippen molar-refractivity contribution in [2.24, 2.45) is 0 Å². The smallest absolute Gasteiger partial charge is 0.0587 e. The quantitative estimate of drug-likeness (QED) is 0.655. The molecule has 0 aliphatic heterocycles. The fraction of sp³-hybridized carbons (Fsp3) is 0.600. The molecular formula is C15H26N2O. The molecule has 0 aliphatic carbocycles. The molecule has 3 heteroatoms. The lowest BCUT2D eigenvalue weighted by Gasteiger charge is -2.14. The van der Waals surface area contributed by atoms with Gasteiger partial charge in [-0.3, -0.25) is 0 Å². The molecule has 0 saturated carbocycles. The van der Waals surface area contributed by atoms with E-state index in [1.807, 2.05) is 0 Å². The second kappa shape index (κ2) is 9.09. The van der Waals surface area contributed by atoms with Crippen molar-refractivity contribution in [3.8, 4) is 0 Å². The second-order valence-electron chi connectivity index (χ2n) is 4.79. The lowest BCUT2D eigenvalue weighted by molar-refractivity contribution is 0.198. The highest BCUT2D eigenvalue weighted by atomic mass is 16.5. The molecule has 2 N–H and O–H groups in total. The number of rotatable bonds is 9. The van der Waals surface area contributed by atoms with Crippen LogP contribution in [0.3, 0.4) is 0 Å². The highest BCUT2D eigenvalue weighted by Crippen LogP contribution is 2.03. The van der Waals surface area contributed by atoms with Gasteiger partial charge in [-0.05, 0) is 32.4 Å². The molecular weight excluding hydrogens is 224 g/mol. The van der Waals surface area contributed by atoms with E-state index in [4.69, 9.17) is 4.74 Å². The van der Waals surface area contributed by atoms with Gasteiger partial charge in [0.05, 0.1) is 6.61 Å². The van der Waals surface area contributed by atoms with Crippen molar-refractivity contribution >= 4 is 0 Å². The predicted molar refractivity (Wildman–Crippen MR) is 77.1 cm³/mol. The van der Waals surface area contributed by atoms with E-state index in [0.29, 0.717) is 6.04 Å². The molecule has 3 nitrogen and oxygen atoms in total. The number of aryl methyl sites for hydroxylation is 1. The minimum atomic E-state index is 0.493. The fourth-order valence-electron chi connectivity index (χ4n) is 1.78. The van der Waals surface area contributed by atoms with E-state index >= 15 is 0 Å². The molecule has 0 saturated heterocycles. The zero-order chi connectivity index (χ0) is 13.2. The Morgan fingerprint density at radius 2 is 1.89 bits per heavy atom. The third-order valence-electron chi connectivity index (χ3n) is 2.96. The van der Waals surface area contributed by atoms with Crippen LogP contribution >= 0.6 is 0 Å². The molecule has 1 aromatic carbocycles. The highest BCUT2D eigenvalue weighted by Gasteiger charge is 2.00. The van der Waals surface area contributed by atoms with Gasteiger partial charge in [0, 0.05) is 26.2 Å². The zero-order valence-electron chi connectivity index (χ0n) is 11.8. The Bertz CT molecular complexity index is 311. The molecule has 0 aromatic heterocycles. The molecule has 0 heterocycles. The van der Waals surface area contributed by atoms with Gasteiger partial charge in [0.2, 0.25) is 0 Å². The minimum Gasteiger partial charge on any atom is -0.383 e. The summed E-state index contributed by atoms with van der Waals surface area (Å²) in [5.74, 6) is 0. The van der Waals surface area contributed by atoms with Crippen LogP contribution in [0.4, 0.5) is 0 Å². The van der Waals surface area contributed by atoms with Crippen LogP contribution in [0.2, 0.25) is 0 Å². The molecule has 0 amide bonds. The van der Waals surface area contributed by atoms with Crippen molar-refractivity contribution in [2.75, 3.05) is 33.4 Å². The van der Waals surface area contributed by atoms with E-state index in [0.717, 1.165) is 32.7 Å². The Morgan fingerprint density at radius 1 is 1.17 bits per heavy atom. The molecule has 0 bridgehead atoms. The summed E-state index contributed by atoms with van der Waals surface area (Å²) in [5, 5.41) is 6.87. The van der Waals surface area contributed by atoms with Gasteiger partial charge in [-0.2, -0.15) is 0 Å². The van der Waals surface area contributed by atoms with Crippen LogP contribution in [0.1, 0.15) is 18.1 Å². The fourth-order valence-corrected chi connectivity index (χ4v) is 1.78. The highest BCUT2D eigenvalue weighted by molar-refractivity contribution is 5.21. The van der Waals surface area contributed by atoms with Crippen molar-refractivity contribution in [3.05, 3.63) is 35.4 Å². The van der Waals surface area contributed by atoms with Crippen molar-refractivity contribution in [1.82, 2.24) is 10.6 Å². The second-order valence-corrected chi connectivity index (χ2v) is 4.79. The largest absolute Gasteiger partial charge is 0.383 e. The Kier molecular flexibility index (Phi) is 7.65. The van der Waals surface area contributed by atoms with Crippen LogP contribution in [0.25, 0.3) is 0 Å². The number of ether oxygens (including phenoxy) is 1. The predicted octanol–water partition coefficient (Wildman–Crippen LogP) is 1.75. The SMILES string of the molecule is COCCNCC(C)NCCc1ccc(C)cc1. The summed E-state index contributed by atoms with van der Waals surface area (Å²) in [7, 11) is 1.73. The molecule has 0 spiro atoms. The molecule has 18 heavy (non-hydrogen) atoms. The Morgan fingerprint density at radius 3 is 2.56 bits per heavy atom. The third-order valence-corrected chi connectivity index (χ3v) is 2.96. The molecule has 0 fully saturated rings. The first-order valence-electron chi connectivity index (χ1n) is 6.71. The van der Waals surface area contributed by atoms with E-state index in [2.05, 4.69) is 48.7 Å². The van der Waals surface area contributed by atoms with Gasteiger partial charge in [0.25, 0.3) is 0 Å². The van der Waals surface area contributed by atoms with Crippen LogP contribution in [0.15, 0.2) is 24.3 Å². The molecule has 1 atom stereocenters. The van der Waals surface area contributed by atoms with E-state index in [-0.39, 0.29) is 0 Å². The minimum absolute atomic E-state index is 0.493. The normalized spacial score (nSPS) is 12.6. The topological polar surface area (TPSA) is 33.3 Å². The van der Waals surface area contributed by atoms with Crippen molar-refractivity contribution in [3.63, 3.8) is 0 Å². The lowest BCUT2D eigenvalue weighted by atomic mass is 10.1. The van der Waals surface area contributed by atoms with Gasteiger partial charge in [-0.15, -0.1) is 0 Å². The first kappa shape index (κ1) is 15.2. The van der Waals surface area contributed by atoms with Crippen LogP contribution in [-0.4, -0.2) is 39.4 Å². The van der Waals surface area contributed by atoms with E-state index in [1.54, 1.807) is 7.11 Å². The van der Waals surface area contributed by atoms with Crippen LogP contribution < -0.4 is 10.6 Å². The van der Waals surface area contributed by atoms with E-state index < -0.39 is 0 Å². The number of hydrogen-bond acceptors (Lipinski definition) is 3. The molecule has 0 radical (unpaired) electrons. The average molecular weight is 250 g/mol. The van der Waals surface area contributed by atoms with Gasteiger partial charge in [0.1, 0.15) is 0 Å². The first-order chi connectivity index (χ1) is 8.72. The standard InChI is InChI=1S/C15H26N2O/c1-13-4-6-15(7-5-13)8-9-17-14(2)12-16-10-11-18-3/h4-7,14,16-17H,8-12H2,1-3H3. The maximum absolute atomic E-state index is 4.99. The van der Waals surface area contributed by atoms with Crippen molar-refractivity contribution in [2.45, 2.75) is 26.3 Å². The van der Waals surface area contributed by atoms with Crippen molar-refractivity contribution < 1.29 is 4.74 Å². The van der Waals surface area contributed by atoms with E-state index in [1.165, 1.54) is 11.1 Å². The maximum atomic E-state index is 4.99. The van der Waals surface area contributed by atoms with E-state index in [9.17, 15) is 0 Å². The lowest BCUT2D eigenvalue weighted by Crippen LogP contribution is -2.38. The Hall–Kier alpha value is -0.900. The Balaban J connectivity index is 2.07. The summed E-state index contributed by atoms with van der Waals surface area (Å²) < 4.78 is 4.99. The summed E-state index contributed by atoms with van der Waals surface area (Å²) >= 11 is 0. The van der Waals surface area contributed by atoms with Crippen LogP contribution in [0.5, 0.6) is 0 Å². The van der Waals surface area contributed by atoms with Gasteiger partial charge < -0.3 is 15.4 Å². The first-order valence-corrected chi connectivity index (χ1v) is 6.71. The summed E-state index contributed by atoms with van der Waals surface area (Å²) in [6.07, 6.45) is 1.09. The van der Waals surface area contributed by atoms with Gasteiger partial charge in [-0.25, -0.2) is 0 Å². The summed E-state index contributed by atoms with van der Waals surface area (Å²) in [6, 6.07) is 9.25. The third kappa shape index (κ3) is 6.74. The number of nitrogens with one attached hydrogen (secondary N) is 2. The monoisotopic (exact) mass is 250 g/mol.